The van der Waals surface area contributed by atoms with E-state index in [1.807, 2.05) is 18.7 Å². The predicted molar refractivity (Wildman–Crippen MR) is 61.6 cm³/mol. The Morgan fingerprint density at radius 1 is 1.57 bits per heavy atom. The second-order valence-electron chi connectivity index (χ2n) is 4.02. The summed E-state index contributed by atoms with van der Waals surface area (Å²) in [5.74, 6) is -0.225. The molecule has 0 fully saturated rings. The Hall–Kier alpha value is -0.220. The van der Waals surface area contributed by atoms with E-state index in [-0.39, 0.29) is 16.6 Å². The fraction of sp³-hybridized carbons (Fsp3) is 0.900. The summed E-state index contributed by atoms with van der Waals surface area (Å²) in [4.78, 5) is 11.1. The summed E-state index contributed by atoms with van der Waals surface area (Å²) >= 11 is 1.81. The Morgan fingerprint density at radius 3 is 2.57 bits per heavy atom. The first-order valence-electron chi connectivity index (χ1n) is 4.76. The van der Waals surface area contributed by atoms with E-state index in [1.165, 1.54) is 7.11 Å². The maximum absolute atomic E-state index is 11.1. The van der Waals surface area contributed by atoms with Crippen molar-refractivity contribution in [3.8, 4) is 0 Å². The van der Waals surface area contributed by atoms with E-state index in [9.17, 15) is 4.79 Å². The first-order chi connectivity index (χ1) is 6.43. The third-order valence-corrected chi connectivity index (χ3v) is 3.41. The van der Waals surface area contributed by atoms with Crippen molar-refractivity contribution in [2.75, 3.05) is 26.5 Å². The molecule has 3 nitrogen and oxygen atoms in total. The van der Waals surface area contributed by atoms with Crippen LogP contribution < -0.4 is 5.32 Å². The minimum absolute atomic E-state index is 0.0716. The van der Waals surface area contributed by atoms with E-state index in [4.69, 9.17) is 0 Å². The maximum Gasteiger partial charge on any atom is 0.309 e. The van der Waals surface area contributed by atoms with Gasteiger partial charge in [-0.3, -0.25) is 4.79 Å². The molecule has 0 aromatic rings. The van der Waals surface area contributed by atoms with Crippen molar-refractivity contribution >= 4 is 17.7 Å². The molecule has 1 unspecified atom stereocenters. The van der Waals surface area contributed by atoms with E-state index in [2.05, 4.69) is 30.2 Å². The highest BCUT2D eigenvalue weighted by Crippen LogP contribution is 2.19. The van der Waals surface area contributed by atoms with Crippen molar-refractivity contribution in [1.82, 2.24) is 5.32 Å². The zero-order valence-corrected chi connectivity index (χ0v) is 10.5. The van der Waals surface area contributed by atoms with Gasteiger partial charge in [0.1, 0.15) is 0 Å². The van der Waals surface area contributed by atoms with E-state index < -0.39 is 0 Å². The number of hydrogen-bond donors (Lipinski definition) is 1. The summed E-state index contributed by atoms with van der Waals surface area (Å²) in [6, 6.07) is 0. The molecular formula is C10H21NO2S. The molecule has 0 heterocycles. The van der Waals surface area contributed by atoms with E-state index in [0.717, 1.165) is 6.54 Å². The Labute approximate surface area is 91.0 Å². The van der Waals surface area contributed by atoms with Gasteiger partial charge >= 0.3 is 5.97 Å². The summed E-state index contributed by atoms with van der Waals surface area (Å²) in [6.07, 6.45) is 2.09. The third kappa shape index (κ3) is 5.50. The van der Waals surface area contributed by atoms with Gasteiger partial charge in [-0.2, -0.15) is 11.8 Å². The van der Waals surface area contributed by atoms with Crippen molar-refractivity contribution in [3.05, 3.63) is 0 Å². The van der Waals surface area contributed by atoms with Gasteiger partial charge in [0.2, 0.25) is 0 Å². The molecule has 4 heteroatoms. The van der Waals surface area contributed by atoms with Gasteiger partial charge in [-0.25, -0.2) is 0 Å². The second-order valence-corrected chi connectivity index (χ2v) is 5.53. The van der Waals surface area contributed by atoms with Crippen LogP contribution in [0.1, 0.15) is 20.8 Å². The normalized spacial score (nSPS) is 13.8. The number of carbonyl (C=O) groups is 1. The number of thioether (sulfide) groups is 1. The summed E-state index contributed by atoms with van der Waals surface area (Å²) in [6.45, 7) is 7.79. The molecule has 0 aromatic heterocycles. The van der Waals surface area contributed by atoms with Crippen molar-refractivity contribution in [3.63, 3.8) is 0 Å². The maximum atomic E-state index is 11.1. The van der Waals surface area contributed by atoms with Gasteiger partial charge in [0, 0.05) is 17.8 Å². The summed E-state index contributed by atoms with van der Waals surface area (Å²) < 4.78 is 4.85. The smallest absolute Gasteiger partial charge is 0.309 e. The number of rotatable bonds is 6. The van der Waals surface area contributed by atoms with Crippen molar-refractivity contribution in [2.24, 2.45) is 5.92 Å². The molecule has 0 aliphatic heterocycles. The molecule has 0 saturated carbocycles. The number of esters is 1. The van der Waals surface area contributed by atoms with Crippen LogP contribution in [-0.2, 0) is 9.53 Å². The fourth-order valence-corrected chi connectivity index (χ4v) is 1.19. The second kappa shape index (κ2) is 6.30. The van der Waals surface area contributed by atoms with E-state index >= 15 is 0 Å². The number of methoxy groups -OCH3 is 1. The van der Waals surface area contributed by atoms with Crippen LogP contribution in [0.4, 0.5) is 0 Å². The third-order valence-electron chi connectivity index (χ3n) is 2.16. The molecule has 84 valence electrons. The number of carbonyl (C=O) groups excluding carboxylic acids is 1. The fourth-order valence-electron chi connectivity index (χ4n) is 0.946. The van der Waals surface area contributed by atoms with Crippen molar-refractivity contribution in [2.45, 2.75) is 25.5 Å². The molecule has 1 N–H and O–H groups in total. The Balaban J connectivity index is 3.69. The minimum atomic E-state index is -0.153. The first-order valence-corrected chi connectivity index (χ1v) is 5.99. The van der Waals surface area contributed by atoms with Crippen LogP contribution in [0, 0.1) is 5.92 Å². The molecule has 0 bridgehead atoms. The van der Waals surface area contributed by atoms with Gasteiger partial charge in [-0.15, -0.1) is 0 Å². The van der Waals surface area contributed by atoms with Gasteiger partial charge in [-0.05, 0) is 20.1 Å². The van der Waals surface area contributed by atoms with Crippen LogP contribution in [0.3, 0.4) is 0 Å². The first kappa shape index (κ1) is 13.8. The molecule has 1 atom stereocenters. The lowest BCUT2D eigenvalue weighted by Gasteiger charge is -2.23. The SMILES string of the molecule is COC(=O)C(C)CNCC(C)(C)SC. The van der Waals surface area contributed by atoms with Gasteiger partial charge in [-0.1, -0.05) is 6.92 Å². The molecule has 0 radical (unpaired) electrons. The predicted octanol–water partition coefficient (Wildman–Crippen LogP) is 1.53. The Kier molecular flexibility index (Phi) is 6.20. The van der Waals surface area contributed by atoms with Crippen LogP contribution in [-0.4, -0.2) is 37.2 Å². The monoisotopic (exact) mass is 219 g/mol. The zero-order valence-electron chi connectivity index (χ0n) is 9.72. The van der Waals surface area contributed by atoms with Crippen molar-refractivity contribution in [1.29, 1.82) is 0 Å². The number of ether oxygens (including phenoxy) is 1. The van der Waals surface area contributed by atoms with Crippen LogP contribution in [0.25, 0.3) is 0 Å². The molecule has 0 spiro atoms. The molecule has 0 aromatic carbocycles. The molecule has 0 amide bonds. The molecule has 0 rings (SSSR count). The van der Waals surface area contributed by atoms with Gasteiger partial charge in [0.05, 0.1) is 13.0 Å². The van der Waals surface area contributed by atoms with Crippen LogP contribution >= 0.6 is 11.8 Å². The summed E-state index contributed by atoms with van der Waals surface area (Å²) in [7, 11) is 1.42. The van der Waals surface area contributed by atoms with Gasteiger partial charge < -0.3 is 10.1 Å². The largest absolute Gasteiger partial charge is 0.469 e. The zero-order chi connectivity index (χ0) is 11.2. The van der Waals surface area contributed by atoms with Crippen molar-refractivity contribution < 1.29 is 9.53 Å². The minimum Gasteiger partial charge on any atom is -0.469 e. The molecule has 14 heavy (non-hydrogen) atoms. The van der Waals surface area contributed by atoms with E-state index in [1.54, 1.807) is 0 Å². The highest BCUT2D eigenvalue weighted by atomic mass is 32.2. The molecule has 0 saturated heterocycles. The lowest BCUT2D eigenvalue weighted by molar-refractivity contribution is -0.144. The quantitative estimate of drug-likeness (QED) is 0.688. The number of hydrogen-bond acceptors (Lipinski definition) is 4. The summed E-state index contributed by atoms with van der Waals surface area (Å²) in [5, 5.41) is 3.27. The molecule has 0 aliphatic rings. The highest BCUT2D eigenvalue weighted by Gasteiger charge is 2.17. The summed E-state index contributed by atoms with van der Waals surface area (Å²) in [5.41, 5.74) is 0. The molecular weight excluding hydrogens is 198 g/mol. The lowest BCUT2D eigenvalue weighted by atomic mass is 10.1. The lowest BCUT2D eigenvalue weighted by Crippen LogP contribution is -2.36. The Bertz CT molecular complexity index is 183. The highest BCUT2D eigenvalue weighted by molar-refractivity contribution is 7.99. The average Bonchev–Trinajstić information content (AvgIpc) is 2.16. The van der Waals surface area contributed by atoms with Crippen LogP contribution in [0.2, 0.25) is 0 Å². The number of nitrogens with one attached hydrogen (secondary N) is 1. The molecule has 0 aliphatic carbocycles. The topological polar surface area (TPSA) is 38.3 Å². The Morgan fingerprint density at radius 2 is 2.14 bits per heavy atom. The van der Waals surface area contributed by atoms with E-state index in [0.29, 0.717) is 6.54 Å². The average molecular weight is 219 g/mol. The van der Waals surface area contributed by atoms with Gasteiger partial charge in [0.25, 0.3) is 0 Å². The van der Waals surface area contributed by atoms with Crippen LogP contribution in [0.15, 0.2) is 0 Å². The van der Waals surface area contributed by atoms with Gasteiger partial charge in [0.15, 0.2) is 0 Å². The standard InChI is InChI=1S/C10H21NO2S/c1-8(9(12)13-4)6-11-7-10(2,3)14-5/h8,11H,6-7H2,1-5H3. The van der Waals surface area contributed by atoms with Crippen LogP contribution in [0.5, 0.6) is 0 Å².